The summed E-state index contributed by atoms with van der Waals surface area (Å²) in [6, 6.07) is 2.27. The topological polar surface area (TPSA) is 28.6 Å². The lowest BCUT2D eigenvalue weighted by atomic mass is 10.0. The van der Waals surface area contributed by atoms with Crippen LogP contribution in [0.25, 0.3) is 11.6 Å². The van der Waals surface area contributed by atoms with E-state index in [-0.39, 0.29) is 0 Å². The number of rotatable bonds is 11. The van der Waals surface area contributed by atoms with E-state index in [0.29, 0.717) is 5.92 Å². The van der Waals surface area contributed by atoms with Crippen molar-refractivity contribution >= 4 is 11.6 Å². The van der Waals surface area contributed by atoms with Crippen molar-refractivity contribution in [2.24, 2.45) is 5.92 Å². The summed E-state index contributed by atoms with van der Waals surface area (Å²) in [5, 5.41) is 0. The van der Waals surface area contributed by atoms with Crippen LogP contribution in [0.15, 0.2) is 49.1 Å². The van der Waals surface area contributed by atoms with Gasteiger partial charge in [-0.1, -0.05) is 33.1 Å². The van der Waals surface area contributed by atoms with E-state index in [0.717, 1.165) is 57.8 Å². The molecule has 2 heterocycles. The molecular weight excluding hydrogens is 382 g/mol. The number of ether oxygens (including phenoxy) is 1. The molecule has 0 N–H and O–H groups in total. The van der Waals surface area contributed by atoms with Crippen LogP contribution in [0.2, 0.25) is 0 Å². The van der Waals surface area contributed by atoms with E-state index in [1.54, 1.807) is 0 Å². The molecule has 0 unspecified atom stereocenters. The van der Waals surface area contributed by atoms with Gasteiger partial charge in [0.15, 0.2) is 0 Å². The Labute approximate surface area is 189 Å². The van der Waals surface area contributed by atoms with Gasteiger partial charge in [-0.15, -0.1) is 0 Å². The van der Waals surface area contributed by atoms with Crippen molar-refractivity contribution < 1.29 is 4.74 Å². The predicted octanol–water partition coefficient (Wildman–Crippen LogP) is 6.03. The number of nitrogens with zero attached hydrogens (tertiary/aromatic N) is 3. The fourth-order valence-electron chi connectivity index (χ4n) is 3.95. The molecule has 1 aromatic rings. The molecule has 1 saturated heterocycles. The van der Waals surface area contributed by atoms with Crippen LogP contribution < -0.4 is 0 Å². The van der Waals surface area contributed by atoms with E-state index in [4.69, 9.17) is 9.72 Å². The predicted molar refractivity (Wildman–Crippen MR) is 131 cm³/mol. The van der Waals surface area contributed by atoms with Crippen LogP contribution >= 0.6 is 0 Å². The number of hydrogen-bond donors (Lipinski definition) is 0. The number of hydrogen-bond acceptors (Lipinski definition) is 4. The molecule has 2 fully saturated rings. The van der Waals surface area contributed by atoms with E-state index in [1.165, 1.54) is 40.9 Å². The second kappa shape index (κ2) is 11.3. The summed E-state index contributed by atoms with van der Waals surface area (Å²) in [5.41, 5.74) is 7.23. The fraction of sp³-hybridized carbons (Fsp3) is 0.519. The standard InChI is InChI=1S/C27H39N3O/c1-6-8-9-27-21(3)18-26(19-28-27)24(7-2)20-30(23(5)25-10-11-25)13-12-22(4)29-14-16-31-17-15-29/h8-9,18-20,25H,4-7,10-17H2,1-3H3/b9-8-,24-20+. The van der Waals surface area contributed by atoms with Crippen LogP contribution in [0.3, 0.4) is 0 Å². The first-order valence-electron chi connectivity index (χ1n) is 11.8. The van der Waals surface area contributed by atoms with Gasteiger partial charge in [0.05, 0.1) is 18.9 Å². The van der Waals surface area contributed by atoms with Gasteiger partial charge >= 0.3 is 0 Å². The average molecular weight is 422 g/mol. The maximum Gasteiger partial charge on any atom is 0.0656 e. The van der Waals surface area contributed by atoms with Crippen molar-refractivity contribution in [2.45, 2.75) is 52.9 Å². The Balaban J connectivity index is 1.75. The molecule has 1 aromatic heterocycles. The molecule has 168 valence electrons. The molecule has 0 amide bonds. The Bertz CT molecular complexity index is 829. The Morgan fingerprint density at radius 2 is 2.00 bits per heavy atom. The van der Waals surface area contributed by atoms with Crippen LogP contribution in [0.5, 0.6) is 0 Å². The van der Waals surface area contributed by atoms with Crippen molar-refractivity contribution in [3.63, 3.8) is 0 Å². The molecule has 1 aliphatic carbocycles. The highest BCUT2D eigenvalue weighted by Gasteiger charge is 2.28. The molecule has 4 heteroatoms. The van der Waals surface area contributed by atoms with Gasteiger partial charge in [0, 0.05) is 49.8 Å². The van der Waals surface area contributed by atoms with E-state index in [1.807, 2.05) is 6.20 Å². The van der Waals surface area contributed by atoms with Gasteiger partial charge in [0.25, 0.3) is 0 Å². The van der Waals surface area contributed by atoms with E-state index in [2.05, 4.69) is 68.1 Å². The lowest BCUT2D eigenvalue weighted by Crippen LogP contribution is -2.36. The molecule has 31 heavy (non-hydrogen) atoms. The van der Waals surface area contributed by atoms with Crippen LogP contribution in [0, 0.1) is 12.8 Å². The van der Waals surface area contributed by atoms with Crippen molar-refractivity contribution in [3.8, 4) is 0 Å². The minimum absolute atomic E-state index is 0.632. The highest BCUT2D eigenvalue weighted by molar-refractivity contribution is 5.66. The van der Waals surface area contributed by atoms with Gasteiger partial charge in [-0.2, -0.15) is 0 Å². The van der Waals surface area contributed by atoms with Crippen molar-refractivity contribution in [2.75, 3.05) is 32.8 Å². The quantitative estimate of drug-likeness (QED) is 0.436. The van der Waals surface area contributed by atoms with Gasteiger partial charge in [-0.3, -0.25) is 4.98 Å². The summed E-state index contributed by atoms with van der Waals surface area (Å²) in [6.45, 7) is 19.7. The van der Waals surface area contributed by atoms with Gasteiger partial charge in [0.1, 0.15) is 0 Å². The zero-order chi connectivity index (χ0) is 22.2. The molecule has 0 bridgehead atoms. The number of morpholine rings is 1. The number of pyridine rings is 1. The monoisotopic (exact) mass is 421 g/mol. The normalized spacial score (nSPS) is 17.3. The van der Waals surface area contributed by atoms with Gasteiger partial charge < -0.3 is 14.5 Å². The Kier molecular flexibility index (Phi) is 8.53. The maximum absolute atomic E-state index is 5.48. The largest absolute Gasteiger partial charge is 0.378 e. The van der Waals surface area contributed by atoms with Gasteiger partial charge in [-0.25, -0.2) is 0 Å². The molecule has 0 atom stereocenters. The van der Waals surface area contributed by atoms with Gasteiger partial charge in [0.2, 0.25) is 0 Å². The third-order valence-corrected chi connectivity index (χ3v) is 6.21. The average Bonchev–Trinajstić information content (AvgIpc) is 3.64. The van der Waals surface area contributed by atoms with Gasteiger partial charge in [-0.05, 0) is 67.4 Å². The minimum atomic E-state index is 0.632. The van der Waals surface area contributed by atoms with E-state index < -0.39 is 0 Å². The summed E-state index contributed by atoms with van der Waals surface area (Å²) in [4.78, 5) is 9.46. The third-order valence-electron chi connectivity index (χ3n) is 6.21. The molecule has 2 aliphatic rings. The van der Waals surface area contributed by atoms with Crippen LogP contribution in [-0.2, 0) is 4.74 Å². The summed E-state index contributed by atoms with van der Waals surface area (Å²) >= 11 is 0. The highest BCUT2D eigenvalue weighted by atomic mass is 16.5. The SMILES string of the molecule is C=C(C1CC1)N(/C=C(\CC)c1cnc(/C=C\CC)c(C)c1)CCC(=C)N1CCOCC1. The smallest absolute Gasteiger partial charge is 0.0656 e. The van der Waals surface area contributed by atoms with Crippen LogP contribution in [-0.4, -0.2) is 47.6 Å². The molecule has 1 aliphatic heterocycles. The first kappa shape index (κ1) is 23.3. The number of allylic oxidation sites excluding steroid dienone is 3. The lowest BCUT2D eigenvalue weighted by Gasteiger charge is -2.32. The van der Waals surface area contributed by atoms with Crippen LogP contribution in [0.1, 0.15) is 62.8 Å². The third kappa shape index (κ3) is 6.57. The fourth-order valence-corrected chi connectivity index (χ4v) is 3.95. The molecule has 0 aromatic carbocycles. The van der Waals surface area contributed by atoms with Crippen molar-refractivity contribution in [1.82, 2.24) is 14.8 Å². The number of aromatic nitrogens is 1. The molecule has 0 radical (unpaired) electrons. The maximum atomic E-state index is 5.48. The molecular formula is C27H39N3O. The minimum Gasteiger partial charge on any atom is -0.378 e. The highest BCUT2D eigenvalue weighted by Crippen LogP contribution is 2.38. The zero-order valence-corrected chi connectivity index (χ0v) is 19.7. The van der Waals surface area contributed by atoms with Crippen molar-refractivity contribution in [1.29, 1.82) is 0 Å². The Morgan fingerprint density at radius 3 is 2.61 bits per heavy atom. The second-order valence-corrected chi connectivity index (χ2v) is 8.62. The van der Waals surface area contributed by atoms with Crippen molar-refractivity contribution in [3.05, 3.63) is 65.9 Å². The van der Waals surface area contributed by atoms with Crippen LogP contribution in [0.4, 0.5) is 0 Å². The summed E-state index contributed by atoms with van der Waals surface area (Å²) in [7, 11) is 0. The molecule has 3 rings (SSSR count). The summed E-state index contributed by atoms with van der Waals surface area (Å²) in [5.74, 6) is 0.632. The number of aryl methyl sites for hydroxylation is 1. The van der Waals surface area contributed by atoms with E-state index >= 15 is 0 Å². The first-order chi connectivity index (χ1) is 15.0. The summed E-state index contributed by atoms with van der Waals surface area (Å²) in [6.07, 6.45) is 14.1. The Morgan fingerprint density at radius 1 is 1.26 bits per heavy atom. The first-order valence-corrected chi connectivity index (χ1v) is 11.8. The second-order valence-electron chi connectivity index (χ2n) is 8.62. The summed E-state index contributed by atoms with van der Waals surface area (Å²) < 4.78 is 5.48. The molecule has 0 spiro atoms. The lowest BCUT2D eigenvalue weighted by molar-refractivity contribution is 0.0520. The zero-order valence-electron chi connectivity index (χ0n) is 19.7. The van der Waals surface area contributed by atoms with E-state index in [9.17, 15) is 0 Å². The molecule has 4 nitrogen and oxygen atoms in total. The molecule has 1 saturated carbocycles. The Hall–Kier alpha value is -2.33.